The maximum Gasteiger partial charge on any atom is 0.289 e. The monoisotopic (exact) mass is 442 g/mol. The lowest BCUT2D eigenvalue weighted by atomic mass is 9.62. The van der Waals surface area contributed by atoms with Crippen LogP contribution in [0.3, 0.4) is 0 Å². The maximum atomic E-state index is 6.82. The first-order chi connectivity index (χ1) is 14.2. The van der Waals surface area contributed by atoms with Gasteiger partial charge in [0.1, 0.15) is 0 Å². The van der Waals surface area contributed by atoms with Crippen LogP contribution < -0.4 is 0 Å². The molecule has 188 valence electrons. The SMILES string of the molecule is CC(C)COC(OCC(C)C)(OCC(C)C)C(CC(C)C)(CC(C)C)C(C)CC(C)C. The summed E-state index contributed by atoms with van der Waals surface area (Å²) >= 11 is 0. The molecule has 0 saturated heterocycles. The summed E-state index contributed by atoms with van der Waals surface area (Å²) in [5.41, 5.74) is -0.210. The molecule has 0 rings (SSSR count). The van der Waals surface area contributed by atoms with Gasteiger partial charge in [0.2, 0.25) is 0 Å². The molecule has 0 aliphatic heterocycles. The number of ether oxygens (including phenoxy) is 3. The lowest BCUT2D eigenvalue weighted by Crippen LogP contribution is -2.60. The summed E-state index contributed by atoms with van der Waals surface area (Å²) in [5.74, 6) is 2.33. The van der Waals surface area contributed by atoms with Crippen LogP contribution in [-0.2, 0) is 14.2 Å². The van der Waals surface area contributed by atoms with Crippen molar-refractivity contribution in [1.29, 1.82) is 0 Å². The molecule has 1 atom stereocenters. The Morgan fingerprint density at radius 2 is 0.774 bits per heavy atom. The zero-order valence-corrected chi connectivity index (χ0v) is 23.5. The summed E-state index contributed by atoms with van der Waals surface area (Å²) < 4.78 is 20.5. The van der Waals surface area contributed by atoms with Gasteiger partial charge in [-0.25, -0.2) is 0 Å². The first kappa shape index (κ1) is 30.9. The van der Waals surface area contributed by atoms with E-state index in [2.05, 4.69) is 90.0 Å². The summed E-state index contributed by atoms with van der Waals surface area (Å²) in [7, 11) is 0. The molecule has 1 unspecified atom stereocenters. The standard InChI is InChI=1S/C28H58O3/c1-20(2)14-26(13)27(15-21(3)4,16-22(5)6)28(29-17-23(7)8,30-18-24(9)10)31-19-25(11)12/h20-26H,14-19H2,1-13H3. The number of hydrogen-bond acceptors (Lipinski definition) is 3. The molecule has 0 aliphatic carbocycles. The first-order valence-electron chi connectivity index (χ1n) is 13.1. The van der Waals surface area contributed by atoms with Gasteiger partial charge in [0, 0.05) is 0 Å². The predicted molar refractivity (Wildman–Crippen MR) is 135 cm³/mol. The summed E-state index contributed by atoms with van der Waals surface area (Å²) in [4.78, 5) is 0. The highest BCUT2D eigenvalue weighted by Crippen LogP contribution is 2.54. The molecule has 0 bridgehead atoms. The van der Waals surface area contributed by atoms with Crippen LogP contribution in [0, 0.1) is 46.8 Å². The normalized spacial score (nSPS) is 14.8. The van der Waals surface area contributed by atoms with Crippen LogP contribution >= 0.6 is 0 Å². The molecule has 0 radical (unpaired) electrons. The Hall–Kier alpha value is -0.120. The third-order valence-electron chi connectivity index (χ3n) is 5.74. The smallest absolute Gasteiger partial charge is 0.289 e. The van der Waals surface area contributed by atoms with E-state index in [0.717, 1.165) is 19.3 Å². The second-order valence-electron chi connectivity index (χ2n) is 12.6. The van der Waals surface area contributed by atoms with Gasteiger partial charge in [0.05, 0.1) is 25.2 Å². The fourth-order valence-corrected chi connectivity index (χ4v) is 4.81. The molecule has 3 nitrogen and oxygen atoms in total. The van der Waals surface area contributed by atoms with Crippen molar-refractivity contribution in [2.45, 2.75) is 115 Å². The van der Waals surface area contributed by atoms with E-state index in [0.29, 0.717) is 61.2 Å². The van der Waals surface area contributed by atoms with Gasteiger partial charge in [-0.2, -0.15) is 0 Å². The molecule has 0 spiro atoms. The summed E-state index contributed by atoms with van der Waals surface area (Å²) in [6.07, 6.45) is 3.21. The Bertz CT molecular complexity index is 410. The van der Waals surface area contributed by atoms with Gasteiger partial charge in [-0.05, 0) is 60.7 Å². The Morgan fingerprint density at radius 3 is 1.00 bits per heavy atom. The van der Waals surface area contributed by atoms with Crippen molar-refractivity contribution in [3.63, 3.8) is 0 Å². The van der Waals surface area contributed by atoms with E-state index < -0.39 is 5.97 Å². The molecular weight excluding hydrogens is 384 g/mol. The van der Waals surface area contributed by atoms with Gasteiger partial charge in [0.15, 0.2) is 0 Å². The minimum Gasteiger partial charge on any atom is -0.327 e. The molecule has 0 aromatic heterocycles. The van der Waals surface area contributed by atoms with Crippen LogP contribution in [-0.4, -0.2) is 25.8 Å². The van der Waals surface area contributed by atoms with Crippen molar-refractivity contribution in [3.05, 3.63) is 0 Å². The van der Waals surface area contributed by atoms with Gasteiger partial charge in [-0.3, -0.25) is 0 Å². The fraction of sp³-hybridized carbons (Fsp3) is 1.00. The highest BCUT2D eigenvalue weighted by Gasteiger charge is 2.58. The van der Waals surface area contributed by atoms with Crippen LogP contribution in [0.2, 0.25) is 0 Å². The third kappa shape index (κ3) is 10.6. The highest BCUT2D eigenvalue weighted by atomic mass is 16.9. The summed E-state index contributed by atoms with van der Waals surface area (Å²) in [6, 6.07) is 0. The van der Waals surface area contributed by atoms with Crippen LogP contribution in [0.25, 0.3) is 0 Å². The van der Waals surface area contributed by atoms with E-state index in [1.807, 2.05) is 0 Å². The highest BCUT2D eigenvalue weighted by molar-refractivity contribution is 4.95. The second-order valence-corrected chi connectivity index (χ2v) is 12.6. The van der Waals surface area contributed by atoms with E-state index in [1.54, 1.807) is 0 Å². The molecule has 0 heterocycles. The third-order valence-corrected chi connectivity index (χ3v) is 5.74. The van der Waals surface area contributed by atoms with Crippen LogP contribution in [0.5, 0.6) is 0 Å². The van der Waals surface area contributed by atoms with Crippen molar-refractivity contribution < 1.29 is 14.2 Å². The molecule has 0 saturated carbocycles. The van der Waals surface area contributed by atoms with Crippen molar-refractivity contribution >= 4 is 0 Å². The average Bonchev–Trinajstić information content (AvgIpc) is 2.58. The minimum absolute atomic E-state index is 0.210. The molecular formula is C28H58O3. The Labute approximate surface area is 196 Å². The second kappa shape index (κ2) is 14.2. The molecule has 0 fully saturated rings. The quantitative estimate of drug-likeness (QED) is 0.212. The fourth-order valence-electron chi connectivity index (χ4n) is 4.81. The van der Waals surface area contributed by atoms with E-state index >= 15 is 0 Å². The van der Waals surface area contributed by atoms with Crippen LogP contribution in [0.4, 0.5) is 0 Å². The van der Waals surface area contributed by atoms with Crippen LogP contribution in [0.15, 0.2) is 0 Å². The number of rotatable bonds is 17. The Morgan fingerprint density at radius 1 is 0.452 bits per heavy atom. The van der Waals surface area contributed by atoms with E-state index in [-0.39, 0.29) is 5.41 Å². The molecule has 0 amide bonds. The summed E-state index contributed by atoms with van der Waals surface area (Å²) in [5, 5.41) is 0. The van der Waals surface area contributed by atoms with Gasteiger partial charge in [0.25, 0.3) is 5.97 Å². The number of hydrogen-bond donors (Lipinski definition) is 0. The molecule has 0 aromatic carbocycles. The largest absolute Gasteiger partial charge is 0.327 e. The van der Waals surface area contributed by atoms with Gasteiger partial charge in [-0.1, -0.05) is 90.0 Å². The lowest BCUT2D eigenvalue weighted by molar-refractivity contribution is -0.448. The average molecular weight is 443 g/mol. The maximum absolute atomic E-state index is 6.82. The van der Waals surface area contributed by atoms with Gasteiger partial charge >= 0.3 is 0 Å². The Balaban J connectivity index is 6.77. The molecule has 3 heteroatoms. The molecule has 0 N–H and O–H groups in total. The predicted octanol–water partition coefficient (Wildman–Crippen LogP) is 8.42. The zero-order chi connectivity index (χ0) is 24.4. The van der Waals surface area contributed by atoms with Crippen LogP contribution in [0.1, 0.15) is 109 Å². The minimum atomic E-state index is -1.02. The molecule has 0 aliphatic rings. The molecule has 31 heavy (non-hydrogen) atoms. The van der Waals surface area contributed by atoms with Gasteiger partial charge < -0.3 is 14.2 Å². The Kier molecular flexibility index (Phi) is 14.2. The van der Waals surface area contributed by atoms with E-state index in [1.165, 1.54) is 0 Å². The van der Waals surface area contributed by atoms with E-state index in [9.17, 15) is 0 Å². The van der Waals surface area contributed by atoms with E-state index in [4.69, 9.17) is 14.2 Å². The zero-order valence-electron chi connectivity index (χ0n) is 23.5. The molecule has 0 aromatic rings. The van der Waals surface area contributed by atoms with Crippen molar-refractivity contribution in [2.75, 3.05) is 19.8 Å². The summed E-state index contributed by atoms with van der Waals surface area (Å²) in [6.45, 7) is 31.6. The van der Waals surface area contributed by atoms with Crippen molar-refractivity contribution in [1.82, 2.24) is 0 Å². The van der Waals surface area contributed by atoms with Crippen molar-refractivity contribution in [2.24, 2.45) is 46.8 Å². The lowest BCUT2D eigenvalue weighted by Gasteiger charge is -2.54. The topological polar surface area (TPSA) is 27.7 Å². The van der Waals surface area contributed by atoms with Gasteiger partial charge in [-0.15, -0.1) is 0 Å². The van der Waals surface area contributed by atoms with Crippen molar-refractivity contribution in [3.8, 4) is 0 Å². The first-order valence-corrected chi connectivity index (χ1v) is 13.1.